The van der Waals surface area contributed by atoms with E-state index < -0.39 is 5.54 Å². The van der Waals surface area contributed by atoms with Gasteiger partial charge in [-0.2, -0.15) is 4.98 Å². The molecular formula is C9H15N3O2. The molecule has 78 valence electrons. The van der Waals surface area contributed by atoms with Crippen molar-refractivity contribution in [3.8, 4) is 0 Å². The topological polar surface area (TPSA) is 74.2 Å². The molecule has 0 bridgehead atoms. The Morgan fingerprint density at radius 2 is 2.36 bits per heavy atom. The van der Waals surface area contributed by atoms with Crippen molar-refractivity contribution in [1.82, 2.24) is 10.1 Å². The number of rotatable bonds is 4. The van der Waals surface area contributed by atoms with Crippen LogP contribution in [-0.2, 0) is 16.9 Å². The molecule has 1 aliphatic rings. The molecule has 1 aromatic heterocycles. The first-order valence-electron chi connectivity index (χ1n) is 4.75. The maximum Gasteiger partial charge on any atom is 0.246 e. The Kier molecular flexibility index (Phi) is 2.28. The molecule has 0 amide bonds. The quantitative estimate of drug-likeness (QED) is 0.772. The normalized spacial score (nSPS) is 20.8. The summed E-state index contributed by atoms with van der Waals surface area (Å²) in [5.41, 5.74) is 5.64. The summed E-state index contributed by atoms with van der Waals surface area (Å²) in [6.07, 6.45) is 2.30. The van der Waals surface area contributed by atoms with Gasteiger partial charge in [0.1, 0.15) is 6.61 Å². The molecular weight excluding hydrogens is 182 g/mol. The zero-order valence-corrected chi connectivity index (χ0v) is 8.49. The molecule has 0 aliphatic heterocycles. The molecule has 1 aromatic rings. The predicted molar refractivity (Wildman–Crippen MR) is 49.3 cm³/mol. The molecule has 1 heterocycles. The second kappa shape index (κ2) is 3.33. The summed E-state index contributed by atoms with van der Waals surface area (Å²) >= 11 is 0. The molecule has 1 atom stereocenters. The number of aromatic nitrogens is 2. The zero-order chi connectivity index (χ0) is 10.2. The average molecular weight is 197 g/mol. The van der Waals surface area contributed by atoms with Gasteiger partial charge in [0.2, 0.25) is 5.89 Å². The molecule has 2 N–H and O–H groups in total. The largest absolute Gasteiger partial charge is 0.377 e. The van der Waals surface area contributed by atoms with Crippen LogP contribution < -0.4 is 5.73 Å². The highest BCUT2D eigenvalue weighted by atomic mass is 16.5. The maximum atomic E-state index is 6.12. The molecule has 0 radical (unpaired) electrons. The Bertz CT molecular complexity index is 318. The third-order valence-electron chi connectivity index (χ3n) is 2.63. The molecule has 1 unspecified atom stereocenters. The molecule has 0 aromatic carbocycles. The summed E-state index contributed by atoms with van der Waals surface area (Å²) in [6.45, 7) is 2.30. The minimum absolute atomic E-state index is 0.365. The van der Waals surface area contributed by atoms with Gasteiger partial charge >= 0.3 is 0 Å². The molecule has 5 heteroatoms. The van der Waals surface area contributed by atoms with Gasteiger partial charge in [-0.05, 0) is 25.7 Å². The van der Waals surface area contributed by atoms with Gasteiger partial charge in [0, 0.05) is 7.11 Å². The van der Waals surface area contributed by atoms with Gasteiger partial charge in [0.15, 0.2) is 5.82 Å². The van der Waals surface area contributed by atoms with Crippen molar-refractivity contribution < 1.29 is 9.26 Å². The molecule has 14 heavy (non-hydrogen) atoms. The van der Waals surface area contributed by atoms with E-state index in [9.17, 15) is 0 Å². The molecule has 2 rings (SSSR count). The van der Waals surface area contributed by atoms with Crippen LogP contribution in [0.1, 0.15) is 31.5 Å². The van der Waals surface area contributed by atoms with Gasteiger partial charge in [0.25, 0.3) is 0 Å². The molecule has 5 nitrogen and oxygen atoms in total. The van der Waals surface area contributed by atoms with Crippen molar-refractivity contribution in [2.24, 2.45) is 11.7 Å². The first-order valence-corrected chi connectivity index (χ1v) is 4.75. The van der Waals surface area contributed by atoms with E-state index in [1.807, 2.05) is 6.92 Å². The minimum Gasteiger partial charge on any atom is -0.377 e. The Morgan fingerprint density at radius 3 is 2.93 bits per heavy atom. The van der Waals surface area contributed by atoms with E-state index in [1.54, 1.807) is 7.11 Å². The molecule has 1 aliphatic carbocycles. The predicted octanol–water partition coefficient (Wildman–Crippen LogP) is 0.800. The van der Waals surface area contributed by atoms with Crippen LogP contribution in [0.25, 0.3) is 0 Å². The van der Waals surface area contributed by atoms with Gasteiger partial charge < -0.3 is 15.0 Å². The van der Waals surface area contributed by atoms with Crippen LogP contribution in [0.4, 0.5) is 0 Å². The van der Waals surface area contributed by atoms with Crippen LogP contribution in [0.2, 0.25) is 0 Å². The van der Waals surface area contributed by atoms with Crippen LogP contribution in [0.3, 0.4) is 0 Å². The summed E-state index contributed by atoms with van der Waals surface area (Å²) in [5.74, 6) is 1.56. The summed E-state index contributed by atoms with van der Waals surface area (Å²) in [7, 11) is 1.60. The van der Waals surface area contributed by atoms with Gasteiger partial charge in [-0.1, -0.05) is 5.16 Å². The van der Waals surface area contributed by atoms with Crippen molar-refractivity contribution in [2.75, 3.05) is 7.11 Å². The smallest absolute Gasteiger partial charge is 0.246 e. The summed E-state index contributed by atoms with van der Waals surface area (Å²) in [4.78, 5) is 4.21. The summed E-state index contributed by atoms with van der Waals surface area (Å²) in [5, 5.41) is 3.79. The fourth-order valence-corrected chi connectivity index (χ4v) is 1.52. The lowest BCUT2D eigenvalue weighted by Crippen LogP contribution is -2.35. The van der Waals surface area contributed by atoms with E-state index in [0.717, 1.165) is 12.8 Å². The summed E-state index contributed by atoms with van der Waals surface area (Å²) in [6, 6.07) is 0. The highest BCUT2D eigenvalue weighted by Gasteiger charge is 2.43. The number of nitrogens with zero attached hydrogens (tertiary/aromatic N) is 2. The van der Waals surface area contributed by atoms with Crippen molar-refractivity contribution in [1.29, 1.82) is 0 Å². The standard InChI is InChI=1S/C9H15N3O2/c1-9(10,6-3-4-6)8-11-7(5-13-2)12-14-8/h6H,3-5,10H2,1-2H3. The SMILES string of the molecule is COCc1noc(C(C)(N)C2CC2)n1. The number of methoxy groups -OCH3 is 1. The molecule has 0 spiro atoms. The number of ether oxygens (including phenoxy) is 1. The van der Waals surface area contributed by atoms with Crippen molar-refractivity contribution in [3.63, 3.8) is 0 Å². The molecule has 1 saturated carbocycles. The first kappa shape index (κ1) is 9.61. The monoisotopic (exact) mass is 197 g/mol. The number of nitrogens with two attached hydrogens (primary N) is 1. The minimum atomic E-state index is -0.473. The van der Waals surface area contributed by atoms with E-state index in [0.29, 0.717) is 24.2 Å². The third-order valence-corrected chi connectivity index (χ3v) is 2.63. The summed E-state index contributed by atoms with van der Waals surface area (Å²) < 4.78 is 10.0. The van der Waals surface area contributed by atoms with Crippen LogP contribution in [0, 0.1) is 5.92 Å². The number of hydrogen-bond acceptors (Lipinski definition) is 5. The van der Waals surface area contributed by atoms with E-state index >= 15 is 0 Å². The number of hydrogen-bond donors (Lipinski definition) is 1. The van der Waals surface area contributed by atoms with Gasteiger partial charge in [-0.3, -0.25) is 0 Å². The van der Waals surface area contributed by atoms with Crippen molar-refractivity contribution in [2.45, 2.75) is 31.9 Å². The fraction of sp³-hybridized carbons (Fsp3) is 0.778. The van der Waals surface area contributed by atoms with Gasteiger partial charge in [-0.15, -0.1) is 0 Å². The molecule has 1 fully saturated rings. The van der Waals surface area contributed by atoms with Crippen molar-refractivity contribution >= 4 is 0 Å². The van der Waals surface area contributed by atoms with Gasteiger partial charge in [-0.25, -0.2) is 0 Å². The van der Waals surface area contributed by atoms with Crippen molar-refractivity contribution in [3.05, 3.63) is 11.7 Å². The van der Waals surface area contributed by atoms with Crippen LogP contribution in [0.15, 0.2) is 4.52 Å². The average Bonchev–Trinajstić information content (AvgIpc) is 2.89. The second-order valence-electron chi connectivity index (χ2n) is 4.01. The lowest BCUT2D eigenvalue weighted by atomic mass is 9.97. The second-order valence-corrected chi connectivity index (χ2v) is 4.01. The van der Waals surface area contributed by atoms with Crippen LogP contribution in [0.5, 0.6) is 0 Å². The van der Waals surface area contributed by atoms with E-state index in [4.69, 9.17) is 15.0 Å². The van der Waals surface area contributed by atoms with E-state index in [2.05, 4.69) is 10.1 Å². The first-order chi connectivity index (χ1) is 6.64. The fourth-order valence-electron chi connectivity index (χ4n) is 1.52. The third kappa shape index (κ3) is 1.65. The lowest BCUT2D eigenvalue weighted by molar-refractivity contribution is 0.174. The Hall–Kier alpha value is -0.940. The highest BCUT2D eigenvalue weighted by molar-refractivity contribution is 5.07. The van der Waals surface area contributed by atoms with Gasteiger partial charge in [0.05, 0.1) is 5.54 Å². The maximum absolute atomic E-state index is 6.12. The van der Waals surface area contributed by atoms with Crippen LogP contribution in [-0.4, -0.2) is 17.3 Å². The Morgan fingerprint density at radius 1 is 1.64 bits per heavy atom. The Balaban J connectivity index is 2.14. The Labute approximate surface area is 82.6 Å². The van der Waals surface area contributed by atoms with E-state index in [1.165, 1.54) is 0 Å². The van der Waals surface area contributed by atoms with Crippen LogP contribution >= 0.6 is 0 Å². The lowest BCUT2D eigenvalue weighted by Gasteiger charge is -2.18. The highest BCUT2D eigenvalue weighted by Crippen LogP contribution is 2.43. The zero-order valence-electron chi connectivity index (χ0n) is 8.49. The van der Waals surface area contributed by atoms with E-state index in [-0.39, 0.29) is 0 Å². The molecule has 0 saturated heterocycles.